The summed E-state index contributed by atoms with van der Waals surface area (Å²) in [5, 5.41) is 13.3. The van der Waals surface area contributed by atoms with E-state index in [-0.39, 0.29) is 5.69 Å². The number of benzene rings is 3. The van der Waals surface area contributed by atoms with E-state index < -0.39 is 34.8 Å². The first-order valence-electron chi connectivity index (χ1n) is 10.9. The molecular weight excluding hydrogens is 438 g/mol. The molecule has 9 heteroatoms. The number of amides is 2. The van der Waals surface area contributed by atoms with Gasteiger partial charge in [0.15, 0.2) is 6.10 Å². The number of hydroxylamine groups is 1. The number of nitrogens with zero attached hydrogens (tertiary/aromatic N) is 3. The molecule has 9 nitrogen and oxygen atoms in total. The van der Waals surface area contributed by atoms with E-state index in [2.05, 4.69) is 0 Å². The highest BCUT2D eigenvalue weighted by Crippen LogP contribution is 2.50. The van der Waals surface area contributed by atoms with E-state index >= 15 is 0 Å². The zero-order valence-corrected chi connectivity index (χ0v) is 18.2. The maximum atomic E-state index is 13.8. The van der Waals surface area contributed by atoms with Crippen molar-refractivity contribution in [3.8, 4) is 5.75 Å². The first-order valence-corrected chi connectivity index (χ1v) is 10.9. The lowest BCUT2D eigenvalue weighted by atomic mass is 9.89. The highest BCUT2D eigenvalue weighted by atomic mass is 16.7. The molecule has 0 aliphatic carbocycles. The minimum absolute atomic E-state index is 0.147. The van der Waals surface area contributed by atoms with Crippen LogP contribution in [0.25, 0.3) is 0 Å². The van der Waals surface area contributed by atoms with E-state index in [1.165, 1.54) is 11.1 Å². The molecule has 2 aliphatic heterocycles. The Morgan fingerprint density at radius 3 is 2.35 bits per heavy atom. The SMILES string of the molecule is CCOc1ccccc1N1C(=O)[C@@H]2[C@@H](ON(c3ccccc3)[C@H]2c2ccccc2[N+](=O)[O-])C1=O. The van der Waals surface area contributed by atoms with Crippen LogP contribution in [0.15, 0.2) is 78.9 Å². The molecule has 172 valence electrons. The van der Waals surface area contributed by atoms with Gasteiger partial charge in [-0.25, -0.2) is 9.96 Å². The van der Waals surface area contributed by atoms with Crippen LogP contribution in [0.2, 0.25) is 0 Å². The molecule has 3 atom stereocenters. The van der Waals surface area contributed by atoms with Crippen LogP contribution in [-0.4, -0.2) is 29.4 Å². The van der Waals surface area contributed by atoms with Crippen LogP contribution in [0.4, 0.5) is 17.1 Å². The van der Waals surface area contributed by atoms with Gasteiger partial charge >= 0.3 is 0 Å². The van der Waals surface area contributed by atoms with Crippen LogP contribution < -0.4 is 14.7 Å². The Labute approximate surface area is 195 Å². The Morgan fingerprint density at radius 1 is 0.941 bits per heavy atom. The summed E-state index contributed by atoms with van der Waals surface area (Å²) in [4.78, 5) is 45.7. The first kappa shape index (κ1) is 21.6. The average molecular weight is 459 g/mol. The van der Waals surface area contributed by atoms with Crippen molar-refractivity contribution >= 4 is 28.9 Å². The first-order chi connectivity index (χ1) is 16.5. The summed E-state index contributed by atoms with van der Waals surface area (Å²) in [6, 6.07) is 21.0. The van der Waals surface area contributed by atoms with Crippen LogP contribution in [0.1, 0.15) is 18.5 Å². The van der Waals surface area contributed by atoms with Crippen LogP contribution in [0, 0.1) is 16.0 Å². The summed E-state index contributed by atoms with van der Waals surface area (Å²) in [6.07, 6.45) is -1.13. The number of fused-ring (bicyclic) bond motifs is 1. The lowest BCUT2D eigenvalue weighted by molar-refractivity contribution is -0.385. The van der Waals surface area contributed by atoms with Crippen molar-refractivity contribution in [2.75, 3.05) is 16.6 Å². The van der Waals surface area contributed by atoms with Gasteiger partial charge < -0.3 is 4.74 Å². The molecule has 2 amide bonds. The Bertz CT molecular complexity index is 1260. The fourth-order valence-electron chi connectivity index (χ4n) is 4.59. The molecule has 2 saturated heterocycles. The molecular formula is C25H21N3O6. The van der Waals surface area contributed by atoms with Crippen LogP contribution >= 0.6 is 0 Å². The largest absolute Gasteiger partial charge is 0.492 e. The predicted octanol–water partition coefficient (Wildman–Crippen LogP) is 4.04. The maximum Gasteiger partial charge on any atom is 0.274 e. The van der Waals surface area contributed by atoms with Crippen molar-refractivity contribution in [1.82, 2.24) is 0 Å². The van der Waals surface area contributed by atoms with Crippen LogP contribution in [0.5, 0.6) is 5.75 Å². The quantitative estimate of drug-likeness (QED) is 0.311. The van der Waals surface area contributed by atoms with Gasteiger partial charge in [0.05, 0.1) is 28.5 Å². The van der Waals surface area contributed by atoms with Gasteiger partial charge in [-0.1, -0.05) is 42.5 Å². The molecule has 0 aromatic heterocycles. The molecule has 2 fully saturated rings. The molecule has 0 unspecified atom stereocenters. The number of anilines is 2. The molecule has 3 aromatic rings. The van der Waals surface area contributed by atoms with Crippen molar-refractivity contribution < 1.29 is 24.1 Å². The third-order valence-corrected chi connectivity index (χ3v) is 5.98. The standard InChI is InChI=1S/C25H21N3O6/c1-2-33-20-15-9-8-14-19(20)26-24(29)21-22(17-12-6-7-13-18(17)28(31)32)27(34-23(21)25(26)30)16-10-4-3-5-11-16/h3-15,21-23H,2H2,1H3/t21-,22-,23+/m0/s1. The number of nitro groups is 1. The van der Waals surface area contributed by atoms with Crippen molar-refractivity contribution in [3.63, 3.8) is 0 Å². The Hall–Kier alpha value is -4.24. The summed E-state index contributed by atoms with van der Waals surface area (Å²) < 4.78 is 5.63. The molecule has 5 rings (SSSR count). The molecule has 0 bridgehead atoms. The number of carbonyl (C=O) groups excluding carboxylic acids is 2. The number of rotatable bonds is 6. The number of ether oxygens (including phenoxy) is 1. The minimum Gasteiger partial charge on any atom is -0.492 e. The maximum absolute atomic E-state index is 13.8. The van der Waals surface area contributed by atoms with E-state index in [0.29, 0.717) is 29.3 Å². The molecule has 34 heavy (non-hydrogen) atoms. The second-order valence-electron chi connectivity index (χ2n) is 7.89. The average Bonchev–Trinajstić information content (AvgIpc) is 3.36. The molecule has 2 heterocycles. The number of carbonyl (C=O) groups is 2. The molecule has 3 aromatic carbocycles. The van der Waals surface area contributed by atoms with Crippen molar-refractivity contribution in [1.29, 1.82) is 0 Å². The number of imide groups is 1. The summed E-state index contributed by atoms with van der Waals surface area (Å²) in [7, 11) is 0. The van der Waals surface area contributed by atoms with Crippen molar-refractivity contribution in [2.45, 2.75) is 19.1 Å². The van der Waals surface area contributed by atoms with Crippen LogP contribution in [0.3, 0.4) is 0 Å². The number of hydrogen-bond acceptors (Lipinski definition) is 7. The Morgan fingerprint density at radius 2 is 1.62 bits per heavy atom. The van der Waals surface area contributed by atoms with Gasteiger partial charge in [0.25, 0.3) is 11.6 Å². The third kappa shape index (κ3) is 3.37. The molecule has 0 N–H and O–H groups in total. The monoisotopic (exact) mass is 459 g/mol. The lowest BCUT2D eigenvalue weighted by Gasteiger charge is -2.28. The van der Waals surface area contributed by atoms with E-state index in [9.17, 15) is 19.7 Å². The zero-order valence-electron chi connectivity index (χ0n) is 18.2. The Balaban J connectivity index is 1.63. The molecule has 0 spiro atoms. The molecule has 2 aliphatic rings. The van der Waals surface area contributed by atoms with Crippen molar-refractivity contribution in [3.05, 3.63) is 94.5 Å². The minimum atomic E-state index is -1.13. The predicted molar refractivity (Wildman–Crippen MR) is 123 cm³/mol. The molecule has 0 saturated carbocycles. The topological polar surface area (TPSA) is 102 Å². The van der Waals surface area contributed by atoms with Gasteiger partial charge in [0.1, 0.15) is 17.7 Å². The van der Waals surface area contributed by atoms with Gasteiger partial charge in [0.2, 0.25) is 5.91 Å². The summed E-state index contributed by atoms with van der Waals surface area (Å²) in [5.74, 6) is -1.62. The van der Waals surface area contributed by atoms with Gasteiger partial charge in [-0.15, -0.1) is 0 Å². The number of nitro benzene ring substituents is 1. The second-order valence-corrected chi connectivity index (χ2v) is 7.89. The van der Waals surface area contributed by atoms with E-state index in [4.69, 9.17) is 9.57 Å². The fourth-order valence-corrected chi connectivity index (χ4v) is 4.59. The number of para-hydroxylation sites is 4. The lowest BCUT2D eigenvalue weighted by Crippen LogP contribution is -2.37. The third-order valence-electron chi connectivity index (χ3n) is 5.98. The van der Waals surface area contributed by atoms with E-state index in [0.717, 1.165) is 4.90 Å². The van der Waals surface area contributed by atoms with Crippen LogP contribution in [-0.2, 0) is 14.4 Å². The summed E-state index contributed by atoms with van der Waals surface area (Å²) in [6.45, 7) is 2.17. The highest BCUT2D eigenvalue weighted by Gasteiger charge is 2.61. The van der Waals surface area contributed by atoms with Gasteiger partial charge in [-0.2, -0.15) is 0 Å². The van der Waals surface area contributed by atoms with Gasteiger partial charge in [0, 0.05) is 6.07 Å². The Kier molecular flexibility index (Phi) is 5.46. The van der Waals surface area contributed by atoms with Crippen molar-refractivity contribution in [2.24, 2.45) is 5.92 Å². The molecule has 0 radical (unpaired) electrons. The highest BCUT2D eigenvalue weighted by molar-refractivity contribution is 6.24. The summed E-state index contributed by atoms with van der Waals surface area (Å²) in [5.41, 5.74) is 1.06. The van der Waals surface area contributed by atoms with Gasteiger partial charge in [-0.3, -0.25) is 24.5 Å². The smallest absolute Gasteiger partial charge is 0.274 e. The summed E-state index contributed by atoms with van der Waals surface area (Å²) >= 11 is 0. The zero-order chi connectivity index (χ0) is 23.8. The second kappa shape index (κ2) is 8.60. The fraction of sp³-hybridized carbons (Fsp3) is 0.200. The normalized spacial score (nSPS) is 21.6. The van der Waals surface area contributed by atoms with E-state index in [1.54, 1.807) is 66.7 Å². The van der Waals surface area contributed by atoms with Gasteiger partial charge in [-0.05, 0) is 37.3 Å². The van der Waals surface area contributed by atoms with E-state index in [1.807, 2.05) is 13.0 Å². The number of hydrogen-bond donors (Lipinski definition) is 0.